The van der Waals surface area contributed by atoms with Gasteiger partial charge in [-0.05, 0) is 26.8 Å². The number of rotatable bonds is 5. The van der Waals surface area contributed by atoms with Crippen LogP contribution in [0.2, 0.25) is 0 Å². The molecule has 0 unspecified atom stereocenters. The summed E-state index contributed by atoms with van der Waals surface area (Å²) in [7, 11) is -3.87. The fraction of sp³-hybridized carbons (Fsp3) is 0.857. The molecule has 0 radical (unpaired) electrons. The summed E-state index contributed by atoms with van der Waals surface area (Å²) in [5, 5.41) is 11.4. The fourth-order valence-electron chi connectivity index (χ4n) is 0.695. The second-order valence-electron chi connectivity index (χ2n) is 3.30. The molecule has 0 fully saturated rings. The molecule has 76 valence electrons. The second-order valence-corrected chi connectivity index (χ2v) is 4.88. The minimum absolute atomic E-state index is 0.276. The van der Waals surface area contributed by atoms with Crippen molar-refractivity contribution in [1.29, 1.82) is 5.26 Å². The molecule has 5 nitrogen and oxygen atoms in total. The average molecular weight is 206 g/mol. The molecule has 0 aromatic rings. The molecule has 0 amide bonds. The van der Waals surface area contributed by atoms with E-state index in [-0.39, 0.29) is 5.75 Å². The topological polar surface area (TPSA) is 90.2 Å². The first-order valence-electron chi connectivity index (χ1n) is 3.88. The molecular weight excluding hydrogens is 192 g/mol. The molecule has 0 aromatic carbocycles. The zero-order valence-electron chi connectivity index (χ0n) is 7.74. The van der Waals surface area contributed by atoms with Crippen molar-refractivity contribution in [2.24, 2.45) is 0 Å². The highest BCUT2D eigenvalue weighted by Gasteiger charge is 2.14. The lowest BCUT2D eigenvalue weighted by Crippen LogP contribution is -2.38. The Kier molecular flexibility index (Phi) is 4.33. The van der Waals surface area contributed by atoms with Gasteiger partial charge in [0.1, 0.15) is 5.54 Å². The van der Waals surface area contributed by atoms with Crippen molar-refractivity contribution in [2.45, 2.75) is 25.8 Å². The average Bonchev–Trinajstić information content (AvgIpc) is 1.97. The Morgan fingerprint density at radius 1 is 1.54 bits per heavy atom. The zero-order chi connectivity index (χ0) is 10.5. The van der Waals surface area contributed by atoms with Gasteiger partial charge in [-0.25, -0.2) is 0 Å². The van der Waals surface area contributed by atoms with E-state index in [0.717, 1.165) is 0 Å². The molecule has 13 heavy (non-hydrogen) atoms. The Hall–Kier alpha value is -0.640. The van der Waals surface area contributed by atoms with Gasteiger partial charge in [0, 0.05) is 0 Å². The SMILES string of the molecule is CC(C)(C#N)NCCCS(=O)(=O)O. The van der Waals surface area contributed by atoms with Crippen molar-refractivity contribution in [3.8, 4) is 6.07 Å². The van der Waals surface area contributed by atoms with E-state index in [9.17, 15) is 8.42 Å². The van der Waals surface area contributed by atoms with Gasteiger partial charge in [0.05, 0.1) is 11.8 Å². The molecule has 6 heteroatoms. The molecule has 0 aromatic heterocycles. The molecule has 0 aliphatic rings. The van der Waals surface area contributed by atoms with Crippen LogP contribution >= 0.6 is 0 Å². The van der Waals surface area contributed by atoms with Gasteiger partial charge in [0.25, 0.3) is 10.1 Å². The lowest BCUT2D eigenvalue weighted by atomic mass is 10.1. The maximum absolute atomic E-state index is 10.3. The quantitative estimate of drug-likeness (QED) is 0.494. The Morgan fingerprint density at radius 3 is 2.46 bits per heavy atom. The van der Waals surface area contributed by atoms with Gasteiger partial charge in [0.2, 0.25) is 0 Å². The molecule has 0 saturated heterocycles. The van der Waals surface area contributed by atoms with Crippen LogP contribution in [0.25, 0.3) is 0 Å². The summed E-state index contributed by atoms with van der Waals surface area (Å²) in [5.74, 6) is -0.276. The Labute approximate surface area is 78.5 Å². The molecule has 2 N–H and O–H groups in total. The van der Waals surface area contributed by atoms with E-state index in [1.54, 1.807) is 13.8 Å². The van der Waals surface area contributed by atoms with Gasteiger partial charge in [-0.15, -0.1) is 0 Å². The largest absolute Gasteiger partial charge is 0.300 e. The number of nitriles is 1. The molecule has 0 atom stereocenters. The molecule has 0 spiro atoms. The van der Waals surface area contributed by atoms with E-state index in [1.807, 2.05) is 6.07 Å². The summed E-state index contributed by atoms with van der Waals surface area (Å²) >= 11 is 0. The Balaban J connectivity index is 3.66. The highest BCUT2D eigenvalue weighted by atomic mass is 32.2. The first-order valence-corrected chi connectivity index (χ1v) is 5.49. The monoisotopic (exact) mass is 206 g/mol. The molecule has 0 heterocycles. The van der Waals surface area contributed by atoms with Gasteiger partial charge < -0.3 is 0 Å². The molecule has 0 aliphatic heterocycles. The highest BCUT2D eigenvalue weighted by Crippen LogP contribution is 1.98. The summed E-state index contributed by atoms with van der Waals surface area (Å²) < 4.78 is 29.0. The first-order chi connectivity index (χ1) is 5.77. The number of nitrogens with one attached hydrogen (secondary N) is 1. The number of nitrogens with zero attached hydrogens (tertiary/aromatic N) is 1. The van der Waals surface area contributed by atoms with Crippen LogP contribution in [0.15, 0.2) is 0 Å². The van der Waals surface area contributed by atoms with Crippen LogP contribution in [-0.4, -0.2) is 30.8 Å². The van der Waals surface area contributed by atoms with E-state index in [2.05, 4.69) is 5.32 Å². The molecule has 0 aliphatic carbocycles. The van der Waals surface area contributed by atoms with Gasteiger partial charge >= 0.3 is 0 Å². The molecular formula is C7H14N2O3S. The predicted molar refractivity (Wildman–Crippen MR) is 48.7 cm³/mol. The lowest BCUT2D eigenvalue weighted by molar-refractivity contribution is 0.465. The number of hydrogen-bond acceptors (Lipinski definition) is 4. The van der Waals surface area contributed by atoms with Crippen molar-refractivity contribution in [1.82, 2.24) is 5.32 Å². The van der Waals surface area contributed by atoms with Gasteiger partial charge in [-0.3, -0.25) is 9.87 Å². The second kappa shape index (κ2) is 4.56. The van der Waals surface area contributed by atoms with Crippen LogP contribution in [0.1, 0.15) is 20.3 Å². The van der Waals surface area contributed by atoms with Crippen molar-refractivity contribution in [3.05, 3.63) is 0 Å². The lowest BCUT2D eigenvalue weighted by Gasteiger charge is -2.16. The summed E-state index contributed by atoms with van der Waals surface area (Å²) in [6.07, 6.45) is 0.296. The van der Waals surface area contributed by atoms with Crippen LogP contribution in [0.3, 0.4) is 0 Å². The van der Waals surface area contributed by atoms with Crippen LogP contribution in [0.4, 0.5) is 0 Å². The molecule has 0 rings (SSSR count). The fourth-order valence-corrected chi connectivity index (χ4v) is 1.20. The van der Waals surface area contributed by atoms with Crippen molar-refractivity contribution in [2.75, 3.05) is 12.3 Å². The van der Waals surface area contributed by atoms with E-state index < -0.39 is 15.7 Å². The van der Waals surface area contributed by atoms with E-state index >= 15 is 0 Å². The predicted octanol–water partition coefficient (Wildman–Crippen LogP) is 0.156. The van der Waals surface area contributed by atoms with E-state index in [0.29, 0.717) is 13.0 Å². The maximum Gasteiger partial charge on any atom is 0.264 e. The van der Waals surface area contributed by atoms with Gasteiger partial charge in [0.15, 0.2) is 0 Å². The van der Waals surface area contributed by atoms with Gasteiger partial charge in [-0.1, -0.05) is 0 Å². The Morgan fingerprint density at radius 2 is 2.08 bits per heavy atom. The van der Waals surface area contributed by atoms with Crippen molar-refractivity contribution in [3.63, 3.8) is 0 Å². The van der Waals surface area contributed by atoms with Crippen LogP contribution in [0, 0.1) is 11.3 Å². The number of hydrogen-bond donors (Lipinski definition) is 2. The third kappa shape index (κ3) is 7.71. The minimum Gasteiger partial charge on any atom is -0.300 e. The van der Waals surface area contributed by atoms with Crippen LogP contribution < -0.4 is 5.32 Å². The smallest absolute Gasteiger partial charge is 0.264 e. The van der Waals surface area contributed by atoms with E-state index in [1.165, 1.54) is 0 Å². The molecule has 0 saturated carbocycles. The van der Waals surface area contributed by atoms with Gasteiger partial charge in [-0.2, -0.15) is 13.7 Å². The minimum atomic E-state index is -3.87. The summed E-state index contributed by atoms with van der Waals surface area (Å²) in [5.41, 5.74) is -0.654. The summed E-state index contributed by atoms with van der Waals surface area (Å²) in [6, 6.07) is 2.02. The highest BCUT2D eigenvalue weighted by molar-refractivity contribution is 7.85. The normalized spacial score (nSPS) is 12.5. The van der Waals surface area contributed by atoms with Crippen LogP contribution in [-0.2, 0) is 10.1 Å². The van der Waals surface area contributed by atoms with E-state index in [4.69, 9.17) is 9.81 Å². The zero-order valence-corrected chi connectivity index (χ0v) is 8.56. The summed E-state index contributed by atoms with van der Waals surface area (Å²) in [4.78, 5) is 0. The Bertz CT molecular complexity index is 289. The first kappa shape index (κ1) is 12.4. The standard InChI is InChI=1S/C7H14N2O3S/c1-7(2,6-8)9-4-3-5-13(10,11)12/h9H,3-5H2,1-2H3,(H,10,11,12). The third-order valence-corrected chi connectivity index (χ3v) is 2.23. The maximum atomic E-state index is 10.3. The molecule has 0 bridgehead atoms. The van der Waals surface area contributed by atoms with Crippen molar-refractivity contribution < 1.29 is 13.0 Å². The third-order valence-electron chi connectivity index (χ3n) is 1.43. The van der Waals surface area contributed by atoms with Crippen LogP contribution in [0.5, 0.6) is 0 Å². The van der Waals surface area contributed by atoms with Crippen molar-refractivity contribution >= 4 is 10.1 Å². The summed E-state index contributed by atoms with van der Waals surface area (Å²) in [6.45, 7) is 3.78.